The number of aromatic carboxylic acids is 1. The number of hydrogen-bond acceptors (Lipinski definition) is 3. The summed E-state index contributed by atoms with van der Waals surface area (Å²) in [6, 6.07) is 14.7. The molecule has 0 heterocycles. The number of methoxy groups -OCH3 is 1. The summed E-state index contributed by atoms with van der Waals surface area (Å²) in [6.45, 7) is 2.04. The third-order valence-electron chi connectivity index (χ3n) is 3.30. The van der Waals surface area contributed by atoms with Crippen LogP contribution in [0.1, 0.15) is 28.4 Å². The van der Waals surface area contributed by atoms with Crippen molar-refractivity contribution in [1.29, 1.82) is 0 Å². The Morgan fingerprint density at radius 2 is 2.00 bits per heavy atom. The summed E-state index contributed by atoms with van der Waals surface area (Å²) in [5.74, 6) is -0.0761. The summed E-state index contributed by atoms with van der Waals surface area (Å²) in [6.07, 6.45) is 2.59. The van der Waals surface area contributed by atoms with E-state index in [1.165, 1.54) is 5.56 Å². The fourth-order valence-electron chi connectivity index (χ4n) is 2.12. The van der Waals surface area contributed by atoms with Crippen molar-refractivity contribution in [3.05, 3.63) is 65.2 Å². The van der Waals surface area contributed by atoms with Gasteiger partial charge in [0.25, 0.3) is 0 Å². The van der Waals surface area contributed by atoms with Gasteiger partial charge in [0.2, 0.25) is 0 Å². The zero-order valence-electron chi connectivity index (χ0n) is 12.7. The first-order chi connectivity index (χ1) is 10.6. The van der Waals surface area contributed by atoms with Gasteiger partial charge in [-0.2, -0.15) is 0 Å². The molecule has 0 aliphatic carbocycles. The molecule has 0 spiro atoms. The van der Waals surface area contributed by atoms with Crippen LogP contribution in [-0.4, -0.2) is 30.4 Å². The molecule has 114 valence electrons. The van der Waals surface area contributed by atoms with Crippen LogP contribution in [0.3, 0.4) is 0 Å². The molecule has 0 saturated carbocycles. The first kappa shape index (κ1) is 15.8. The molecule has 4 heteroatoms. The van der Waals surface area contributed by atoms with Crippen molar-refractivity contribution in [2.45, 2.75) is 19.4 Å². The average molecular weight is 297 g/mol. The minimum absolute atomic E-state index is 0.131. The third-order valence-corrected chi connectivity index (χ3v) is 3.30. The molecule has 4 nitrogen and oxygen atoms in total. The molecule has 22 heavy (non-hydrogen) atoms. The molecule has 2 aromatic carbocycles. The van der Waals surface area contributed by atoms with Gasteiger partial charge in [-0.15, -0.1) is 0 Å². The van der Waals surface area contributed by atoms with E-state index in [1.54, 1.807) is 37.6 Å². The van der Waals surface area contributed by atoms with E-state index in [0.29, 0.717) is 0 Å². The zero-order chi connectivity index (χ0) is 15.9. The van der Waals surface area contributed by atoms with Gasteiger partial charge in [0, 0.05) is 6.21 Å². The maximum atomic E-state index is 10.8. The molecule has 0 amide bonds. The monoisotopic (exact) mass is 297 g/mol. The standard InChI is InChI=1S/C18H19NO3/c1-13(10-15-4-3-5-17(11-15)22-2)19-12-14-6-8-16(9-7-14)18(20)21/h3-9,11-13H,10H2,1-2H3,(H,20,21)/b19-12+/t13-/m0/s1. The third kappa shape index (κ3) is 4.45. The largest absolute Gasteiger partial charge is 0.497 e. The van der Waals surface area contributed by atoms with E-state index in [0.717, 1.165) is 17.7 Å². The average Bonchev–Trinajstić information content (AvgIpc) is 2.53. The molecule has 2 aromatic rings. The second-order valence-corrected chi connectivity index (χ2v) is 5.11. The Labute approximate surface area is 130 Å². The van der Waals surface area contributed by atoms with E-state index >= 15 is 0 Å². The SMILES string of the molecule is COc1cccc(C[C@H](C)/N=C/c2ccc(C(=O)O)cc2)c1. The van der Waals surface area contributed by atoms with Gasteiger partial charge in [-0.25, -0.2) is 4.79 Å². The molecule has 0 radical (unpaired) electrons. The fraction of sp³-hybridized carbons (Fsp3) is 0.222. The van der Waals surface area contributed by atoms with Crippen molar-refractivity contribution in [3.63, 3.8) is 0 Å². The van der Waals surface area contributed by atoms with Gasteiger partial charge < -0.3 is 9.84 Å². The van der Waals surface area contributed by atoms with E-state index in [-0.39, 0.29) is 11.6 Å². The van der Waals surface area contributed by atoms with Gasteiger partial charge in [0.15, 0.2) is 0 Å². The van der Waals surface area contributed by atoms with E-state index in [9.17, 15) is 4.79 Å². The number of hydrogen-bond donors (Lipinski definition) is 1. The van der Waals surface area contributed by atoms with Crippen LogP contribution in [0.4, 0.5) is 0 Å². The molecule has 0 aliphatic heterocycles. The number of carboxylic acids is 1. The molecule has 0 fully saturated rings. The van der Waals surface area contributed by atoms with E-state index < -0.39 is 5.97 Å². The fourth-order valence-corrected chi connectivity index (χ4v) is 2.12. The summed E-state index contributed by atoms with van der Waals surface area (Å²) in [5.41, 5.74) is 2.34. The Kier molecular flexibility index (Phi) is 5.31. The van der Waals surface area contributed by atoms with E-state index in [1.807, 2.05) is 25.1 Å². The highest BCUT2D eigenvalue weighted by molar-refractivity contribution is 5.89. The molecular weight excluding hydrogens is 278 g/mol. The highest BCUT2D eigenvalue weighted by atomic mass is 16.5. The van der Waals surface area contributed by atoms with Crippen molar-refractivity contribution in [1.82, 2.24) is 0 Å². The molecule has 2 rings (SSSR count). The van der Waals surface area contributed by atoms with Crippen LogP contribution in [0.25, 0.3) is 0 Å². The summed E-state index contributed by atoms with van der Waals surface area (Å²) in [7, 11) is 1.65. The lowest BCUT2D eigenvalue weighted by Crippen LogP contribution is -2.04. The molecular formula is C18H19NO3. The maximum Gasteiger partial charge on any atom is 0.335 e. The van der Waals surface area contributed by atoms with Gasteiger partial charge in [-0.3, -0.25) is 4.99 Å². The Bertz CT molecular complexity index is 662. The number of aliphatic imine (C=N–C) groups is 1. The van der Waals surface area contributed by atoms with Crippen molar-refractivity contribution in [2.24, 2.45) is 4.99 Å². The van der Waals surface area contributed by atoms with Gasteiger partial charge in [-0.1, -0.05) is 24.3 Å². The summed E-state index contributed by atoms with van der Waals surface area (Å²) < 4.78 is 5.21. The van der Waals surface area contributed by atoms with Crippen LogP contribution in [0.15, 0.2) is 53.5 Å². The molecule has 0 aliphatic rings. The second-order valence-electron chi connectivity index (χ2n) is 5.11. The Morgan fingerprint density at radius 3 is 2.64 bits per heavy atom. The van der Waals surface area contributed by atoms with Crippen LogP contribution in [0, 0.1) is 0 Å². The van der Waals surface area contributed by atoms with Crippen LogP contribution < -0.4 is 4.74 Å². The van der Waals surface area contributed by atoms with Crippen molar-refractivity contribution in [3.8, 4) is 5.75 Å². The predicted octanol–water partition coefficient (Wildman–Crippen LogP) is 3.44. The second kappa shape index (κ2) is 7.41. The normalized spacial score (nSPS) is 12.3. The first-order valence-corrected chi connectivity index (χ1v) is 7.08. The number of ether oxygens (including phenoxy) is 1. The van der Waals surface area contributed by atoms with Crippen molar-refractivity contribution in [2.75, 3.05) is 7.11 Å². The summed E-state index contributed by atoms with van der Waals surface area (Å²) in [5, 5.41) is 8.86. The quantitative estimate of drug-likeness (QED) is 0.831. The van der Waals surface area contributed by atoms with Gasteiger partial charge >= 0.3 is 5.97 Å². The Hall–Kier alpha value is -2.62. The first-order valence-electron chi connectivity index (χ1n) is 7.08. The summed E-state index contributed by atoms with van der Waals surface area (Å²) in [4.78, 5) is 15.3. The van der Waals surface area contributed by atoms with E-state index in [2.05, 4.69) is 11.1 Å². The topological polar surface area (TPSA) is 58.9 Å². The number of benzene rings is 2. The maximum absolute atomic E-state index is 10.8. The molecule has 0 bridgehead atoms. The molecule has 0 saturated heterocycles. The Morgan fingerprint density at radius 1 is 1.27 bits per heavy atom. The molecule has 1 atom stereocenters. The highest BCUT2D eigenvalue weighted by Gasteiger charge is 2.03. The number of carboxylic acid groups (broad SMARTS) is 1. The van der Waals surface area contributed by atoms with E-state index in [4.69, 9.17) is 9.84 Å². The minimum Gasteiger partial charge on any atom is -0.497 e. The number of rotatable bonds is 6. The van der Waals surface area contributed by atoms with Crippen LogP contribution in [0.2, 0.25) is 0 Å². The van der Waals surface area contributed by atoms with Gasteiger partial charge in [-0.05, 0) is 48.7 Å². The van der Waals surface area contributed by atoms with Gasteiger partial charge in [0.05, 0.1) is 18.7 Å². The number of nitrogens with zero attached hydrogens (tertiary/aromatic N) is 1. The summed E-state index contributed by atoms with van der Waals surface area (Å²) >= 11 is 0. The van der Waals surface area contributed by atoms with Crippen molar-refractivity contribution < 1.29 is 14.6 Å². The van der Waals surface area contributed by atoms with Crippen LogP contribution in [-0.2, 0) is 6.42 Å². The molecule has 0 aromatic heterocycles. The minimum atomic E-state index is -0.921. The predicted molar refractivity (Wildman–Crippen MR) is 87.2 cm³/mol. The number of carbonyl (C=O) groups is 1. The molecule has 0 unspecified atom stereocenters. The lowest BCUT2D eigenvalue weighted by atomic mass is 10.1. The molecule has 1 N–H and O–H groups in total. The highest BCUT2D eigenvalue weighted by Crippen LogP contribution is 2.15. The zero-order valence-corrected chi connectivity index (χ0v) is 12.7. The van der Waals surface area contributed by atoms with Gasteiger partial charge in [0.1, 0.15) is 5.75 Å². The van der Waals surface area contributed by atoms with Crippen LogP contribution >= 0.6 is 0 Å². The Balaban J connectivity index is 1.98. The smallest absolute Gasteiger partial charge is 0.335 e. The van der Waals surface area contributed by atoms with Crippen LogP contribution in [0.5, 0.6) is 5.75 Å². The lowest BCUT2D eigenvalue weighted by molar-refractivity contribution is 0.0697. The van der Waals surface area contributed by atoms with Crippen molar-refractivity contribution >= 4 is 12.2 Å². The lowest BCUT2D eigenvalue weighted by Gasteiger charge is -2.08.